The molecule has 0 spiro atoms. The smallest absolute Gasteiger partial charge is 0.306 e. The number of rotatable bonds is 11. The molecule has 1 aliphatic carbocycles. The van der Waals surface area contributed by atoms with Crippen LogP contribution in [-0.4, -0.2) is 47.7 Å². The largest absolute Gasteiger partial charge is 0.491 e. The highest BCUT2D eigenvalue weighted by Gasteiger charge is 2.20. The molecule has 1 aromatic rings. The number of esters is 1. The molecule has 0 aliphatic heterocycles. The van der Waals surface area contributed by atoms with E-state index in [4.69, 9.17) is 9.47 Å². The molecule has 0 bridgehead atoms. The molecule has 146 valence electrons. The molecule has 0 saturated heterocycles. The number of aliphatic hydroxyl groups is 1. The van der Waals surface area contributed by atoms with Crippen LogP contribution in [-0.2, 0) is 9.53 Å². The number of para-hydroxylation sites is 1. The molecule has 3 atom stereocenters. The van der Waals surface area contributed by atoms with Crippen LogP contribution in [0.5, 0.6) is 5.75 Å². The van der Waals surface area contributed by atoms with E-state index in [2.05, 4.69) is 12.6 Å². The van der Waals surface area contributed by atoms with Gasteiger partial charge in [0.05, 0.1) is 6.42 Å². The van der Waals surface area contributed by atoms with E-state index >= 15 is 0 Å². The first-order valence-electron chi connectivity index (χ1n) is 9.37. The zero-order valence-corrected chi connectivity index (χ0v) is 16.9. The molecule has 1 fully saturated rings. The Kier molecular flexibility index (Phi) is 10.3. The Morgan fingerprint density at radius 2 is 2.00 bits per heavy atom. The summed E-state index contributed by atoms with van der Waals surface area (Å²) >= 11 is 6.25. The molecule has 2 rings (SSSR count). The topological polar surface area (TPSA) is 55.8 Å². The van der Waals surface area contributed by atoms with Crippen LogP contribution in [0.3, 0.4) is 0 Å². The third kappa shape index (κ3) is 8.69. The van der Waals surface area contributed by atoms with Gasteiger partial charge in [0.15, 0.2) is 0 Å². The SMILES string of the molecule is O=C(CCSCC1CCCC(CS)C1)OCC(O)COc1ccccc1. The fourth-order valence-corrected chi connectivity index (χ4v) is 4.59. The molecule has 0 aromatic heterocycles. The summed E-state index contributed by atoms with van der Waals surface area (Å²) in [6.07, 6.45) is 4.77. The Morgan fingerprint density at radius 3 is 2.77 bits per heavy atom. The summed E-state index contributed by atoms with van der Waals surface area (Å²) in [4.78, 5) is 11.8. The minimum absolute atomic E-state index is 0.0252. The summed E-state index contributed by atoms with van der Waals surface area (Å²) in [5, 5.41) is 9.84. The molecule has 1 N–H and O–H groups in total. The highest BCUT2D eigenvalue weighted by atomic mass is 32.2. The van der Waals surface area contributed by atoms with Gasteiger partial charge in [0.2, 0.25) is 0 Å². The van der Waals surface area contributed by atoms with Crippen molar-refractivity contribution in [3.63, 3.8) is 0 Å². The van der Waals surface area contributed by atoms with Crippen molar-refractivity contribution in [1.29, 1.82) is 0 Å². The van der Waals surface area contributed by atoms with E-state index in [1.165, 1.54) is 25.7 Å². The monoisotopic (exact) mass is 398 g/mol. The lowest BCUT2D eigenvalue weighted by molar-refractivity contribution is -0.146. The van der Waals surface area contributed by atoms with Crippen molar-refractivity contribution in [2.75, 3.05) is 30.5 Å². The predicted molar refractivity (Wildman–Crippen MR) is 110 cm³/mol. The summed E-state index contributed by atoms with van der Waals surface area (Å²) in [5.74, 6) is 4.85. The molecule has 3 unspecified atom stereocenters. The van der Waals surface area contributed by atoms with Gasteiger partial charge in [-0.15, -0.1) is 0 Å². The fraction of sp³-hybridized carbons (Fsp3) is 0.650. The van der Waals surface area contributed by atoms with E-state index in [0.717, 1.165) is 29.1 Å². The van der Waals surface area contributed by atoms with Gasteiger partial charge in [-0.1, -0.05) is 24.6 Å². The van der Waals surface area contributed by atoms with Crippen LogP contribution in [0.25, 0.3) is 0 Å². The van der Waals surface area contributed by atoms with Gasteiger partial charge in [-0.05, 0) is 54.7 Å². The van der Waals surface area contributed by atoms with Crippen molar-refractivity contribution >= 4 is 30.4 Å². The number of thiol groups is 1. The van der Waals surface area contributed by atoms with E-state index in [-0.39, 0.29) is 19.2 Å². The lowest BCUT2D eigenvalue weighted by Crippen LogP contribution is -2.25. The maximum absolute atomic E-state index is 11.8. The highest BCUT2D eigenvalue weighted by molar-refractivity contribution is 7.99. The van der Waals surface area contributed by atoms with Gasteiger partial charge in [-0.2, -0.15) is 24.4 Å². The first-order chi connectivity index (χ1) is 12.7. The molecular formula is C20H30O4S2. The number of carbonyl (C=O) groups excluding carboxylic acids is 1. The third-order valence-corrected chi connectivity index (χ3v) is 6.29. The average molecular weight is 399 g/mol. The summed E-state index contributed by atoms with van der Waals surface area (Å²) in [5.41, 5.74) is 0. The second-order valence-electron chi connectivity index (χ2n) is 6.87. The van der Waals surface area contributed by atoms with E-state index in [9.17, 15) is 9.90 Å². The van der Waals surface area contributed by atoms with Crippen LogP contribution in [0.4, 0.5) is 0 Å². The van der Waals surface area contributed by atoms with Gasteiger partial charge in [-0.3, -0.25) is 4.79 Å². The van der Waals surface area contributed by atoms with E-state index in [1.807, 2.05) is 42.1 Å². The standard InChI is InChI=1S/C20H30O4S2/c21-18(12-23-19-7-2-1-3-8-19)13-24-20(22)9-10-26-15-17-6-4-5-16(11-17)14-25/h1-3,7-8,16-18,21,25H,4-6,9-15H2. The molecule has 6 heteroatoms. The van der Waals surface area contributed by atoms with Crippen molar-refractivity contribution in [3.05, 3.63) is 30.3 Å². The minimum Gasteiger partial charge on any atom is -0.491 e. The lowest BCUT2D eigenvalue weighted by atomic mass is 9.83. The quantitative estimate of drug-likeness (QED) is 0.337. The zero-order chi connectivity index (χ0) is 18.6. The number of benzene rings is 1. The number of thioether (sulfide) groups is 1. The maximum Gasteiger partial charge on any atom is 0.306 e. The van der Waals surface area contributed by atoms with Crippen LogP contribution < -0.4 is 4.74 Å². The van der Waals surface area contributed by atoms with Gasteiger partial charge in [0.1, 0.15) is 25.1 Å². The highest BCUT2D eigenvalue weighted by Crippen LogP contribution is 2.31. The molecule has 1 aliphatic rings. The first-order valence-corrected chi connectivity index (χ1v) is 11.2. The van der Waals surface area contributed by atoms with Crippen LogP contribution >= 0.6 is 24.4 Å². The lowest BCUT2D eigenvalue weighted by Gasteiger charge is -2.27. The molecule has 4 nitrogen and oxygen atoms in total. The molecule has 0 radical (unpaired) electrons. The normalized spacial score (nSPS) is 21.2. The number of ether oxygens (including phenoxy) is 2. The summed E-state index contributed by atoms with van der Waals surface area (Å²) in [6, 6.07) is 9.27. The third-order valence-electron chi connectivity index (χ3n) is 4.58. The van der Waals surface area contributed by atoms with E-state index < -0.39 is 6.10 Å². The van der Waals surface area contributed by atoms with Gasteiger partial charge >= 0.3 is 5.97 Å². The molecule has 1 aromatic carbocycles. The van der Waals surface area contributed by atoms with Crippen LogP contribution in [0.1, 0.15) is 32.1 Å². The Bertz CT molecular complexity index is 512. The second-order valence-corrected chi connectivity index (χ2v) is 8.38. The fourth-order valence-electron chi connectivity index (χ4n) is 3.14. The Hall–Kier alpha value is -0.850. The molecule has 0 heterocycles. The molecule has 0 amide bonds. The molecular weight excluding hydrogens is 368 g/mol. The molecule has 26 heavy (non-hydrogen) atoms. The van der Waals surface area contributed by atoms with Crippen molar-refractivity contribution in [2.24, 2.45) is 11.8 Å². The van der Waals surface area contributed by atoms with Crippen LogP contribution in [0.15, 0.2) is 30.3 Å². The van der Waals surface area contributed by atoms with Gasteiger partial charge in [0, 0.05) is 5.75 Å². The zero-order valence-electron chi connectivity index (χ0n) is 15.2. The Balaban J connectivity index is 1.49. The number of aliphatic hydroxyl groups excluding tert-OH is 1. The van der Waals surface area contributed by atoms with Gasteiger partial charge in [0.25, 0.3) is 0 Å². The van der Waals surface area contributed by atoms with Crippen LogP contribution in [0, 0.1) is 11.8 Å². The summed E-state index contributed by atoms with van der Waals surface area (Å²) in [6.45, 7) is 0.0859. The van der Waals surface area contributed by atoms with Crippen molar-refractivity contribution in [2.45, 2.75) is 38.2 Å². The predicted octanol–water partition coefficient (Wildman–Crippen LogP) is 3.83. The second kappa shape index (κ2) is 12.5. The van der Waals surface area contributed by atoms with Crippen molar-refractivity contribution < 1.29 is 19.4 Å². The number of carbonyl (C=O) groups is 1. The first kappa shape index (κ1) is 21.5. The Labute approximate surface area is 166 Å². The van der Waals surface area contributed by atoms with E-state index in [0.29, 0.717) is 12.2 Å². The summed E-state index contributed by atoms with van der Waals surface area (Å²) in [7, 11) is 0. The minimum atomic E-state index is -0.813. The van der Waals surface area contributed by atoms with E-state index in [1.54, 1.807) is 0 Å². The number of hydrogen-bond donors (Lipinski definition) is 2. The van der Waals surface area contributed by atoms with Crippen molar-refractivity contribution in [3.8, 4) is 5.75 Å². The maximum atomic E-state index is 11.8. The molecule has 1 saturated carbocycles. The van der Waals surface area contributed by atoms with Crippen molar-refractivity contribution in [1.82, 2.24) is 0 Å². The number of hydrogen-bond acceptors (Lipinski definition) is 6. The summed E-state index contributed by atoms with van der Waals surface area (Å²) < 4.78 is 10.6. The van der Waals surface area contributed by atoms with Crippen LogP contribution in [0.2, 0.25) is 0 Å². The van der Waals surface area contributed by atoms with Gasteiger partial charge < -0.3 is 14.6 Å². The van der Waals surface area contributed by atoms with Gasteiger partial charge in [-0.25, -0.2) is 0 Å². The average Bonchev–Trinajstić information content (AvgIpc) is 2.69. The Morgan fingerprint density at radius 1 is 1.23 bits per heavy atom.